The van der Waals surface area contributed by atoms with Gasteiger partial charge in [0, 0.05) is 23.8 Å². The van der Waals surface area contributed by atoms with Crippen molar-refractivity contribution >= 4 is 29.2 Å². The number of benzene rings is 2. The van der Waals surface area contributed by atoms with Crippen LogP contribution in [-0.4, -0.2) is 41.4 Å². The third-order valence-electron chi connectivity index (χ3n) is 4.82. The maximum atomic E-state index is 12.6. The standard InChI is InChI=1S/C19H18ClN3O2/c20-14-7-6-13-8-9-23-17(16(13)10-14)11-22(12-18(23)24)19(25)21-15-4-2-1-3-5-15/h1-7,10,17H,8-9,11-12H2,(H,21,25). The largest absolute Gasteiger partial charge is 0.332 e. The van der Waals surface area contributed by atoms with Crippen molar-refractivity contribution in [3.8, 4) is 0 Å². The smallest absolute Gasteiger partial charge is 0.322 e. The van der Waals surface area contributed by atoms with Crippen LogP contribution in [0, 0.1) is 0 Å². The van der Waals surface area contributed by atoms with Crippen LogP contribution in [-0.2, 0) is 11.2 Å². The van der Waals surface area contributed by atoms with Crippen LogP contribution < -0.4 is 5.32 Å². The quantitative estimate of drug-likeness (QED) is 0.853. The van der Waals surface area contributed by atoms with Crippen molar-refractivity contribution in [2.75, 3.05) is 25.0 Å². The molecule has 3 amide bonds. The Kier molecular flexibility index (Phi) is 4.09. The first-order valence-corrected chi connectivity index (χ1v) is 8.68. The zero-order valence-electron chi connectivity index (χ0n) is 13.6. The van der Waals surface area contributed by atoms with Crippen molar-refractivity contribution in [2.45, 2.75) is 12.5 Å². The summed E-state index contributed by atoms with van der Waals surface area (Å²) < 4.78 is 0. The van der Waals surface area contributed by atoms with E-state index < -0.39 is 0 Å². The van der Waals surface area contributed by atoms with E-state index in [1.54, 1.807) is 4.90 Å². The molecule has 0 bridgehead atoms. The molecule has 0 aromatic heterocycles. The van der Waals surface area contributed by atoms with E-state index in [1.807, 2.05) is 53.4 Å². The van der Waals surface area contributed by atoms with Crippen molar-refractivity contribution in [1.29, 1.82) is 0 Å². The van der Waals surface area contributed by atoms with Gasteiger partial charge in [-0.05, 0) is 41.8 Å². The number of anilines is 1. The third kappa shape index (κ3) is 3.07. The van der Waals surface area contributed by atoms with Gasteiger partial charge in [-0.3, -0.25) is 4.79 Å². The molecule has 5 nitrogen and oxygen atoms in total. The van der Waals surface area contributed by atoms with Crippen molar-refractivity contribution in [2.24, 2.45) is 0 Å². The summed E-state index contributed by atoms with van der Waals surface area (Å²) in [6.07, 6.45) is 0.824. The molecule has 128 valence electrons. The molecule has 2 aromatic carbocycles. The second-order valence-corrected chi connectivity index (χ2v) is 6.81. The van der Waals surface area contributed by atoms with Gasteiger partial charge in [-0.1, -0.05) is 35.9 Å². The Morgan fingerprint density at radius 3 is 2.76 bits per heavy atom. The van der Waals surface area contributed by atoms with Crippen molar-refractivity contribution in [3.63, 3.8) is 0 Å². The average Bonchev–Trinajstić information content (AvgIpc) is 2.62. The van der Waals surface area contributed by atoms with E-state index in [0.29, 0.717) is 18.1 Å². The number of carbonyl (C=O) groups is 2. The van der Waals surface area contributed by atoms with Gasteiger partial charge >= 0.3 is 6.03 Å². The minimum absolute atomic E-state index is 0.0231. The Morgan fingerprint density at radius 1 is 1.16 bits per heavy atom. The van der Waals surface area contributed by atoms with E-state index in [-0.39, 0.29) is 24.5 Å². The van der Waals surface area contributed by atoms with Gasteiger partial charge in [0.1, 0.15) is 6.54 Å². The average molecular weight is 356 g/mol. The number of carbonyl (C=O) groups excluding carboxylic acids is 2. The van der Waals surface area contributed by atoms with Gasteiger partial charge in [-0.2, -0.15) is 0 Å². The van der Waals surface area contributed by atoms with Crippen LogP contribution in [0.15, 0.2) is 48.5 Å². The summed E-state index contributed by atoms with van der Waals surface area (Å²) in [4.78, 5) is 28.6. The molecule has 2 aliphatic heterocycles. The fourth-order valence-corrected chi connectivity index (χ4v) is 3.75. The SMILES string of the molecule is O=C(Nc1ccccc1)N1CC(=O)N2CCc3ccc(Cl)cc3C2C1. The maximum absolute atomic E-state index is 12.6. The summed E-state index contributed by atoms with van der Waals surface area (Å²) in [6, 6.07) is 14.7. The van der Waals surface area contributed by atoms with Gasteiger partial charge in [0.05, 0.1) is 6.04 Å². The Bertz CT molecular complexity index is 825. The zero-order valence-corrected chi connectivity index (χ0v) is 14.4. The minimum Gasteiger partial charge on any atom is -0.332 e. The Balaban J connectivity index is 1.58. The van der Waals surface area contributed by atoms with E-state index in [2.05, 4.69) is 5.32 Å². The van der Waals surface area contributed by atoms with E-state index in [0.717, 1.165) is 17.7 Å². The molecule has 0 saturated carbocycles. The molecule has 6 heteroatoms. The number of piperazine rings is 1. The number of nitrogens with one attached hydrogen (secondary N) is 1. The second-order valence-electron chi connectivity index (χ2n) is 6.37. The molecule has 1 N–H and O–H groups in total. The highest BCUT2D eigenvalue weighted by molar-refractivity contribution is 6.30. The zero-order chi connectivity index (χ0) is 17.4. The number of para-hydroxylation sites is 1. The van der Waals surface area contributed by atoms with Crippen LogP contribution >= 0.6 is 11.6 Å². The molecular weight excluding hydrogens is 338 g/mol. The van der Waals surface area contributed by atoms with Crippen molar-refractivity contribution in [1.82, 2.24) is 9.80 Å². The van der Waals surface area contributed by atoms with Crippen LogP contribution in [0.5, 0.6) is 0 Å². The monoisotopic (exact) mass is 355 g/mol. The molecule has 0 spiro atoms. The first-order valence-electron chi connectivity index (χ1n) is 8.30. The normalized spacial score (nSPS) is 19.2. The van der Waals surface area contributed by atoms with Crippen LogP contribution in [0.2, 0.25) is 5.02 Å². The minimum atomic E-state index is -0.256. The summed E-state index contributed by atoms with van der Waals surface area (Å²) in [6.45, 7) is 1.26. The number of nitrogens with zero attached hydrogens (tertiary/aromatic N) is 2. The topological polar surface area (TPSA) is 52.7 Å². The maximum Gasteiger partial charge on any atom is 0.322 e. The van der Waals surface area contributed by atoms with E-state index in [1.165, 1.54) is 5.56 Å². The molecule has 1 saturated heterocycles. The Morgan fingerprint density at radius 2 is 1.96 bits per heavy atom. The molecule has 0 radical (unpaired) electrons. The summed E-state index contributed by atoms with van der Waals surface area (Å²) >= 11 is 6.15. The third-order valence-corrected chi connectivity index (χ3v) is 5.05. The van der Waals surface area contributed by atoms with E-state index >= 15 is 0 Å². The molecule has 1 fully saturated rings. The van der Waals surface area contributed by atoms with Gasteiger partial charge in [-0.25, -0.2) is 4.79 Å². The molecule has 2 heterocycles. The molecular formula is C19H18ClN3O2. The van der Waals surface area contributed by atoms with E-state index in [9.17, 15) is 9.59 Å². The van der Waals surface area contributed by atoms with Crippen LogP contribution in [0.1, 0.15) is 17.2 Å². The van der Waals surface area contributed by atoms with Crippen molar-refractivity contribution in [3.05, 3.63) is 64.7 Å². The Labute approximate surface area is 151 Å². The molecule has 25 heavy (non-hydrogen) atoms. The lowest BCUT2D eigenvalue weighted by molar-refractivity contribution is -0.139. The van der Waals surface area contributed by atoms with E-state index in [4.69, 9.17) is 11.6 Å². The predicted octanol–water partition coefficient (Wildman–Crippen LogP) is 3.31. The van der Waals surface area contributed by atoms with Crippen LogP contribution in [0.25, 0.3) is 0 Å². The number of hydrogen-bond acceptors (Lipinski definition) is 2. The highest BCUT2D eigenvalue weighted by atomic mass is 35.5. The van der Waals surface area contributed by atoms with Gasteiger partial charge in [0.15, 0.2) is 0 Å². The second kappa shape index (κ2) is 6.41. The fraction of sp³-hybridized carbons (Fsp3) is 0.263. The van der Waals surface area contributed by atoms with Gasteiger partial charge in [-0.15, -0.1) is 0 Å². The number of rotatable bonds is 1. The number of urea groups is 1. The molecule has 0 aliphatic carbocycles. The van der Waals surface area contributed by atoms with Gasteiger partial charge < -0.3 is 15.1 Å². The lowest BCUT2D eigenvalue weighted by atomic mass is 9.91. The summed E-state index contributed by atoms with van der Waals surface area (Å²) in [5.74, 6) is -0.0231. The number of hydrogen-bond donors (Lipinski definition) is 1. The van der Waals surface area contributed by atoms with Crippen molar-refractivity contribution < 1.29 is 9.59 Å². The summed E-state index contributed by atoms with van der Waals surface area (Å²) in [5, 5.41) is 3.50. The highest BCUT2D eigenvalue weighted by Crippen LogP contribution is 2.34. The van der Waals surface area contributed by atoms with Crippen LogP contribution in [0.4, 0.5) is 10.5 Å². The molecule has 1 atom stereocenters. The predicted molar refractivity (Wildman–Crippen MR) is 96.6 cm³/mol. The number of amides is 3. The molecule has 1 unspecified atom stereocenters. The lowest BCUT2D eigenvalue weighted by Crippen LogP contribution is -2.56. The first kappa shape index (κ1) is 16.0. The lowest BCUT2D eigenvalue weighted by Gasteiger charge is -2.44. The molecule has 4 rings (SSSR count). The Hall–Kier alpha value is -2.53. The molecule has 2 aromatic rings. The van der Waals surface area contributed by atoms with Gasteiger partial charge in [0.25, 0.3) is 0 Å². The number of fused-ring (bicyclic) bond motifs is 3. The van der Waals surface area contributed by atoms with Crippen LogP contribution in [0.3, 0.4) is 0 Å². The number of halogens is 1. The molecule has 2 aliphatic rings. The fourth-order valence-electron chi connectivity index (χ4n) is 3.57. The summed E-state index contributed by atoms with van der Waals surface area (Å²) in [7, 11) is 0. The van der Waals surface area contributed by atoms with Gasteiger partial charge in [0.2, 0.25) is 5.91 Å². The summed E-state index contributed by atoms with van der Waals surface area (Å²) in [5.41, 5.74) is 2.96. The highest BCUT2D eigenvalue weighted by Gasteiger charge is 2.38. The first-order chi connectivity index (χ1) is 12.1.